The summed E-state index contributed by atoms with van der Waals surface area (Å²) in [7, 11) is 0. The zero-order valence-electron chi connectivity index (χ0n) is 11.9. The summed E-state index contributed by atoms with van der Waals surface area (Å²) >= 11 is 11.8. The predicted octanol–water partition coefficient (Wildman–Crippen LogP) is 4.47. The number of nitrogens with zero attached hydrogens (tertiary/aromatic N) is 3. The molecule has 6 heteroatoms. The van der Waals surface area contributed by atoms with Crippen LogP contribution in [0.4, 0.5) is 0 Å². The second-order valence-corrected chi connectivity index (χ2v) is 5.63. The minimum absolute atomic E-state index is 0.179. The van der Waals surface area contributed by atoms with Gasteiger partial charge in [0.05, 0.1) is 0 Å². The fraction of sp³-hybridized carbons (Fsp3) is 0. The van der Waals surface area contributed by atoms with Crippen LogP contribution < -0.4 is 0 Å². The number of aromatic nitrogens is 3. The van der Waals surface area contributed by atoms with Crippen LogP contribution in [0.1, 0.15) is 15.9 Å². The van der Waals surface area contributed by atoms with Crippen LogP contribution in [0.3, 0.4) is 0 Å². The zero-order valence-corrected chi connectivity index (χ0v) is 13.4. The molecule has 0 unspecified atom stereocenters. The normalized spacial score (nSPS) is 11.5. The first-order valence-corrected chi connectivity index (χ1v) is 7.51. The number of hydrogen-bond donors (Lipinski definition) is 0. The van der Waals surface area contributed by atoms with E-state index in [2.05, 4.69) is 10.1 Å². The number of allylic oxidation sites excluding steroid dienone is 1. The van der Waals surface area contributed by atoms with Gasteiger partial charge in [-0.2, -0.15) is 5.10 Å². The molecule has 0 atom stereocenters. The van der Waals surface area contributed by atoms with E-state index in [0.717, 1.165) is 5.56 Å². The lowest BCUT2D eigenvalue weighted by Gasteiger charge is -2.07. The van der Waals surface area contributed by atoms with Crippen LogP contribution in [0.25, 0.3) is 11.8 Å². The number of carbonyl (C=O) groups is 1. The molecule has 0 spiro atoms. The van der Waals surface area contributed by atoms with Gasteiger partial charge in [0.15, 0.2) is 0 Å². The fourth-order valence-electron chi connectivity index (χ4n) is 2.03. The number of Topliss-reactive ketones (excluding diaryl/α,β-unsaturated/α-hetero) is 1. The van der Waals surface area contributed by atoms with E-state index in [1.807, 2.05) is 12.1 Å². The van der Waals surface area contributed by atoms with E-state index in [4.69, 9.17) is 23.2 Å². The summed E-state index contributed by atoms with van der Waals surface area (Å²) in [6, 6.07) is 13.9. The van der Waals surface area contributed by atoms with Crippen LogP contribution in [0, 0.1) is 0 Å². The second kappa shape index (κ2) is 6.77. The Morgan fingerprint density at radius 1 is 0.957 bits per heavy atom. The van der Waals surface area contributed by atoms with E-state index in [0.29, 0.717) is 21.3 Å². The van der Waals surface area contributed by atoms with Gasteiger partial charge in [-0.15, -0.1) is 0 Å². The van der Waals surface area contributed by atoms with Gasteiger partial charge in [-0.1, -0.05) is 35.3 Å². The van der Waals surface area contributed by atoms with Crippen LogP contribution >= 0.6 is 23.2 Å². The maximum Gasteiger partial charge on any atom is 0.211 e. The average molecular weight is 344 g/mol. The van der Waals surface area contributed by atoms with Crippen molar-refractivity contribution >= 4 is 40.8 Å². The van der Waals surface area contributed by atoms with E-state index in [-0.39, 0.29) is 5.78 Å². The largest absolute Gasteiger partial charge is 0.287 e. The van der Waals surface area contributed by atoms with Crippen LogP contribution in [0.15, 0.2) is 61.2 Å². The van der Waals surface area contributed by atoms with Gasteiger partial charge in [0, 0.05) is 15.6 Å². The number of hydrogen-bond acceptors (Lipinski definition) is 3. The lowest BCUT2D eigenvalue weighted by Crippen LogP contribution is -2.10. The quantitative estimate of drug-likeness (QED) is 0.518. The van der Waals surface area contributed by atoms with Crippen molar-refractivity contribution in [3.63, 3.8) is 0 Å². The molecule has 0 radical (unpaired) electrons. The van der Waals surface area contributed by atoms with Gasteiger partial charge in [-0.05, 0) is 48.0 Å². The summed E-state index contributed by atoms with van der Waals surface area (Å²) in [5.74, 6) is -0.179. The number of ketones is 1. The Bertz CT molecular complexity index is 839. The maximum absolute atomic E-state index is 12.8. The lowest BCUT2D eigenvalue weighted by atomic mass is 10.1. The number of carbonyl (C=O) groups excluding carboxylic acids is 1. The van der Waals surface area contributed by atoms with Gasteiger partial charge in [-0.3, -0.25) is 4.79 Å². The maximum atomic E-state index is 12.8. The molecule has 0 aliphatic carbocycles. The topological polar surface area (TPSA) is 47.8 Å². The van der Waals surface area contributed by atoms with Crippen molar-refractivity contribution in [2.75, 3.05) is 0 Å². The first kappa shape index (κ1) is 15.5. The molecule has 0 N–H and O–H groups in total. The first-order chi connectivity index (χ1) is 11.1. The van der Waals surface area contributed by atoms with Gasteiger partial charge < -0.3 is 0 Å². The van der Waals surface area contributed by atoms with E-state index in [1.54, 1.807) is 42.5 Å². The Morgan fingerprint density at radius 2 is 1.57 bits per heavy atom. The number of benzene rings is 2. The molecule has 3 aromatic rings. The summed E-state index contributed by atoms with van der Waals surface area (Å²) in [5.41, 5.74) is 1.74. The third kappa shape index (κ3) is 3.67. The van der Waals surface area contributed by atoms with E-state index >= 15 is 0 Å². The number of rotatable bonds is 4. The monoisotopic (exact) mass is 343 g/mol. The Kier molecular flexibility index (Phi) is 4.55. The molecule has 0 amide bonds. The minimum atomic E-state index is -0.179. The molecule has 0 fully saturated rings. The third-order valence-electron chi connectivity index (χ3n) is 3.18. The Labute approximate surface area is 143 Å². The third-order valence-corrected chi connectivity index (χ3v) is 3.68. The summed E-state index contributed by atoms with van der Waals surface area (Å²) in [6.07, 6.45) is 4.60. The molecule has 0 aliphatic heterocycles. The minimum Gasteiger partial charge on any atom is -0.287 e. The lowest BCUT2D eigenvalue weighted by molar-refractivity contribution is 0.105. The highest BCUT2D eigenvalue weighted by atomic mass is 35.5. The van der Waals surface area contributed by atoms with Crippen molar-refractivity contribution in [2.45, 2.75) is 0 Å². The standard InChI is InChI=1S/C17H11Cl2N3O/c18-14-5-1-12(2-6-14)9-16(22-11-20-10-21-22)17(23)13-3-7-15(19)8-4-13/h1-11H/b16-9-. The molecule has 1 aromatic heterocycles. The van der Waals surface area contributed by atoms with Crippen molar-refractivity contribution in [3.8, 4) is 0 Å². The van der Waals surface area contributed by atoms with Crippen LogP contribution in [-0.2, 0) is 0 Å². The highest BCUT2D eigenvalue weighted by Crippen LogP contribution is 2.19. The Hall–Kier alpha value is -2.43. The van der Waals surface area contributed by atoms with E-state index in [1.165, 1.54) is 17.3 Å². The molecular weight excluding hydrogens is 333 g/mol. The van der Waals surface area contributed by atoms with Crippen LogP contribution in [0.2, 0.25) is 10.0 Å². The highest BCUT2D eigenvalue weighted by Gasteiger charge is 2.15. The van der Waals surface area contributed by atoms with Gasteiger partial charge >= 0.3 is 0 Å². The number of halogens is 2. The molecule has 4 nitrogen and oxygen atoms in total. The molecule has 0 saturated heterocycles. The van der Waals surface area contributed by atoms with Crippen LogP contribution in [0.5, 0.6) is 0 Å². The molecule has 3 rings (SSSR count). The smallest absolute Gasteiger partial charge is 0.211 e. The average Bonchev–Trinajstić information content (AvgIpc) is 3.08. The van der Waals surface area contributed by atoms with Crippen molar-refractivity contribution in [1.29, 1.82) is 0 Å². The van der Waals surface area contributed by atoms with E-state index < -0.39 is 0 Å². The molecule has 0 saturated carbocycles. The molecule has 1 heterocycles. The van der Waals surface area contributed by atoms with Crippen molar-refractivity contribution in [3.05, 3.63) is 82.4 Å². The Balaban J connectivity index is 2.04. The Morgan fingerprint density at radius 3 is 2.13 bits per heavy atom. The summed E-state index contributed by atoms with van der Waals surface area (Å²) in [4.78, 5) is 16.7. The molecule has 0 bridgehead atoms. The molecular formula is C17H11Cl2N3O. The van der Waals surface area contributed by atoms with Gasteiger partial charge in [0.1, 0.15) is 18.4 Å². The summed E-state index contributed by atoms with van der Waals surface area (Å²) in [5, 5.41) is 5.27. The fourth-order valence-corrected chi connectivity index (χ4v) is 2.29. The second-order valence-electron chi connectivity index (χ2n) is 4.76. The van der Waals surface area contributed by atoms with Crippen molar-refractivity contribution < 1.29 is 4.79 Å². The van der Waals surface area contributed by atoms with Crippen molar-refractivity contribution in [2.24, 2.45) is 0 Å². The zero-order chi connectivity index (χ0) is 16.2. The summed E-state index contributed by atoms with van der Waals surface area (Å²) < 4.78 is 1.44. The highest BCUT2D eigenvalue weighted by molar-refractivity contribution is 6.31. The molecule has 114 valence electrons. The first-order valence-electron chi connectivity index (χ1n) is 6.76. The van der Waals surface area contributed by atoms with Gasteiger partial charge in [-0.25, -0.2) is 9.67 Å². The molecule has 2 aromatic carbocycles. The van der Waals surface area contributed by atoms with E-state index in [9.17, 15) is 4.79 Å². The summed E-state index contributed by atoms with van der Waals surface area (Å²) in [6.45, 7) is 0. The van der Waals surface area contributed by atoms with Gasteiger partial charge in [0.2, 0.25) is 5.78 Å². The van der Waals surface area contributed by atoms with Gasteiger partial charge in [0.25, 0.3) is 0 Å². The predicted molar refractivity (Wildman–Crippen MR) is 91.4 cm³/mol. The van der Waals surface area contributed by atoms with Crippen LogP contribution in [-0.4, -0.2) is 20.5 Å². The SMILES string of the molecule is O=C(/C(=C/c1ccc(Cl)cc1)n1cncn1)c1ccc(Cl)cc1. The van der Waals surface area contributed by atoms with Crippen molar-refractivity contribution in [1.82, 2.24) is 14.8 Å². The molecule has 23 heavy (non-hydrogen) atoms. The molecule has 0 aliphatic rings.